The number of aliphatic hydroxyl groups is 1. The molecule has 1 aromatic rings. The molecule has 6 heteroatoms. The molecule has 106 valence electrons. The van der Waals surface area contributed by atoms with Gasteiger partial charge in [0.1, 0.15) is 24.2 Å². The Morgan fingerprint density at radius 3 is 2.63 bits per heavy atom. The molecule has 0 heterocycles. The molecular weight excluding hydrogens is 256 g/mol. The summed E-state index contributed by atoms with van der Waals surface area (Å²) in [4.78, 5) is 11.5. The predicted octanol–water partition coefficient (Wildman–Crippen LogP) is 3.18. The normalized spacial score (nSPS) is 12.9. The lowest BCUT2D eigenvalue weighted by Gasteiger charge is -2.20. The average Bonchev–Trinajstić information content (AvgIpc) is 2.28. The number of carbonyl (C=O) groups is 1. The van der Waals surface area contributed by atoms with Crippen molar-refractivity contribution < 1.29 is 23.4 Å². The highest BCUT2D eigenvalue weighted by molar-refractivity contribution is 5.84. The van der Waals surface area contributed by atoms with E-state index in [1.54, 1.807) is 20.8 Å². The van der Waals surface area contributed by atoms with E-state index in [-0.39, 0.29) is 11.3 Å². The van der Waals surface area contributed by atoms with Crippen molar-refractivity contribution in [2.45, 2.75) is 32.5 Å². The van der Waals surface area contributed by atoms with Crippen molar-refractivity contribution in [3.8, 4) is 0 Å². The van der Waals surface area contributed by atoms with Gasteiger partial charge in [-0.1, -0.05) is 0 Å². The van der Waals surface area contributed by atoms with E-state index in [0.29, 0.717) is 0 Å². The van der Waals surface area contributed by atoms with Gasteiger partial charge >= 0.3 is 6.09 Å². The molecule has 1 amide bonds. The highest BCUT2D eigenvalue weighted by Gasteiger charge is 2.18. The van der Waals surface area contributed by atoms with Crippen molar-refractivity contribution in [3.63, 3.8) is 0 Å². The molecule has 0 aliphatic rings. The van der Waals surface area contributed by atoms with E-state index < -0.39 is 30.3 Å². The first kappa shape index (κ1) is 15.4. The van der Waals surface area contributed by atoms with Gasteiger partial charge in [0.2, 0.25) is 0 Å². The lowest BCUT2D eigenvalue weighted by molar-refractivity contribution is 0.0635. The van der Waals surface area contributed by atoms with Crippen LogP contribution in [0, 0.1) is 5.82 Å². The molecule has 0 saturated carbocycles. The number of benzene rings is 1. The molecule has 1 rings (SSSR count). The SMILES string of the molecule is CC(C)(C)OC(=O)Nc1ccc(F)c(C(O)CF)c1. The number of aliphatic hydroxyl groups excluding tert-OH is 1. The monoisotopic (exact) mass is 273 g/mol. The van der Waals surface area contributed by atoms with E-state index in [4.69, 9.17) is 4.74 Å². The Morgan fingerprint density at radius 2 is 2.11 bits per heavy atom. The number of amides is 1. The zero-order valence-corrected chi connectivity index (χ0v) is 11.0. The molecule has 0 spiro atoms. The molecule has 2 N–H and O–H groups in total. The summed E-state index contributed by atoms with van der Waals surface area (Å²) in [5.41, 5.74) is -0.653. The van der Waals surface area contributed by atoms with Crippen LogP contribution in [0.4, 0.5) is 19.3 Å². The summed E-state index contributed by atoms with van der Waals surface area (Å²) in [5.74, 6) is -0.736. The minimum atomic E-state index is -1.56. The Morgan fingerprint density at radius 1 is 1.47 bits per heavy atom. The van der Waals surface area contributed by atoms with Crippen LogP contribution < -0.4 is 5.32 Å². The van der Waals surface area contributed by atoms with Crippen LogP contribution in [0.1, 0.15) is 32.4 Å². The van der Waals surface area contributed by atoms with Crippen LogP contribution in [0.3, 0.4) is 0 Å². The molecule has 1 aromatic carbocycles. The number of carbonyl (C=O) groups excluding carboxylic acids is 1. The van der Waals surface area contributed by atoms with Gasteiger partial charge in [-0.05, 0) is 39.0 Å². The number of nitrogens with one attached hydrogen (secondary N) is 1. The van der Waals surface area contributed by atoms with Gasteiger partial charge in [0.15, 0.2) is 0 Å². The van der Waals surface area contributed by atoms with Gasteiger partial charge in [0.25, 0.3) is 0 Å². The van der Waals surface area contributed by atoms with Gasteiger partial charge in [-0.25, -0.2) is 13.6 Å². The number of ether oxygens (including phenoxy) is 1. The summed E-state index contributed by atoms with van der Waals surface area (Å²) in [7, 11) is 0. The Kier molecular flexibility index (Phi) is 4.83. The van der Waals surface area contributed by atoms with E-state index in [9.17, 15) is 18.7 Å². The Bertz CT molecular complexity index is 458. The van der Waals surface area contributed by atoms with Crippen LogP contribution in [-0.2, 0) is 4.74 Å². The second kappa shape index (κ2) is 5.97. The molecule has 4 nitrogen and oxygen atoms in total. The number of hydrogen-bond donors (Lipinski definition) is 2. The minimum absolute atomic E-state index is 0.212. The molecule has 0 bridgehead atoms. The van der Waals surface area contributed by atoms with Crippen molar-refractivity contribution in [1.82, 2.24) is 0 Å². The number of rotatable bonds is 3. The summed E-state index contributed by atoms with van der Waals surface area (Å²) in [6, 6.07) is 3.51. The molecule has 0 fully saturated rings. The smallest absolute Gasteiger partial charge is 0.412 e. The number of halogens is 2. The Balaban J connectivity index is 2.83. The summed E-state index contributed by atoms with van der Waals surface area (Å²) < 4.78 is 30.7. The molecule has 0 radical (unpaired) electrons. The number of hydrogen-bond acceptors (Lipinski definition) is 3. The predicted molar refractivity (Wildman–Crippen MR) is 67.2 cm³/mol. The van der Waals surface area contributed by atoms with Crippen LogP contribution in [0.25, 0.3) is 0 Å². The van der Waals surface area contributed by atoms with Crippen LogP contribution in [-0.4, -0.2) is 23.5 Å². The largest absolute Gasteiger partial charge is 0.444 e. The highest BCUT2D eigenvalue weighted by atomic mass is 19.1. The zero-order valence-electron chi connectivity index (χ0n) is 11.0. The van der Waals surface area contributed by atoms with Gasteiger partial charge < -0.3 is 9.84 Å². The fourth-order valence-corrected chi connectivity index (χ4v) is 1.38. The first-order valence-corrected chi connectivity index (χ1v) is 5.76. The maximum absolute atomic E-state index is 13.3. The molecule has 0 aliphatic carbocycles. The van der Waals surface area contributed by atoms with Gasteiger partial charge in [-0.15, -0.1) is 0 Å². The second-order valence-electron chi connectivity index (χ2n) is 5.03. The summed E-state index contributed by atoms with van der Waals surface area (Å²) in [6.07, 6.45) is -2.26. The van der Waals surface area contributed by atoms with E-state index >= 15 is 0 Å². The lowest BCUT2D eigenvalue weighted by Crippen LogP contribution is -2.27. The fraction of sp³-hybridized carbons (Fsp3) is 0.462. The summed E-state index contributed by atoms with van der Waals surface area (Å²) in [6.45, 7) is 4.01. The fourth-order valence-electron chi connectivity index (χ4n) is 1.38. The third kappa shape index (κ3) is 4.82. The Labute approximate surface area is 110 Å². The maximum atomic E-state index is 13.3. The topological polar surface area (TPSA) is 58.6 Å². The van der Waals surface area contributed by atoms with Crippen molar-refractivity contribution >= 4 is 11.8 Å². The molecule has 0 aliphatic heterocycles. The average molecular weight is 273 g/mol. The van der Waals surface area contributed by atoms with Crippen LogP contribution >= 0.6 is 0 Å². The molecule has 19 heavy (non-hydrogen) atoms. The van der Waals surface area contributed by atoms with Crippen molar-refractivity contribution in [1.29, 1.82) is 0 Å². The molecule has 1 unspecified atom stereocenters. The third-order valence-electron chi connectivity index (χ3n) is 2.15. The summed E-state index contributed by atoms with van der Waals surface area (Å²) >= 11 is 0. The molecule has 1 atom stereocenters. The van der Waals surface area contributed by atoms with Gasteiger partial charge in [-0.2, -0.15) is 0 Å². The van der Waals surface area contributed by atoms with Gasteiger partial charge in [0, 0.05) is 11.3 Å². The zero-order chi connectivity index (χ0) is 14.6. The molecule has 0 aromatic heterocycles. The first-order valence-electron chi connectivity index (χ1n) is 5.76. The highest BCUT2D eigenvalue weighted by Crippen LogP contribution is 2.22. The van der Waals surface area contributed by atoms with Gasteiger partial charge in [0.05, 0.1) is 0 Å². The second-order valence-corrected chi connectivity index (χ2v) is 5.03. The summed E-state index contributed by atoms with van der Waals surface area (Å²) in [5, 5.41) is 11.7. The van der Waals surface area contributed by atoms with Crippen molar-refractivity contribution in [2.75, 3.05) is 12.0 Å². The standard InChI is InChI=1S/C13H17F2NO3/c1-13(2,3)19-12(18)16-8-4-5-10(15)9(6-8)11(17)7-14/h4-6,11,17H,7H2,1-3H3,(H,16,18). The van der Waals surface area contributed by atoms with Crippen LogP contribution in [0.2, 0.25) is 0 Å². The third-order valence-corrected chi connectivity index (χ3v) is 2.15. The lowest BCUT2D eigenvalue weighted by atomic mass is 10.1. The van der Waals surface area contributed by atoms with Gasteiger partial charge in [-0.3, -0.25) is 5.32 Å². The van der Waals surface area contributed by atoms with E-state index in [0.717, 1.165) is 6.07 Å². The van der Waals surface area contributed by atoms with E-state index in [2.05, 4.69) is 5.32 Å². The van der Waals surface area contributed by atoms with Crippen LogP contribution in [0.15, 0.2) is 18.2 Å². The van der Waals surface area contributed by atoms with E-state index in [1.165, 1.54) is 12.1 Å². The van der Waals surface area contributed by atoms with Crippen LogP contribution in [0.5, 0.6) is 0 Å². The molecule has 0 saturated heterocycles. The maximum Gasteiger partial charge on any atom is 0.412 e. The van der Waals surface area contributed by atoms with Crippen molar-refractivity contribution in [3.05, 3.63) is 29.6 Å². The number of anilines is 1. The van der Waals surface area contributed by atoms with E-state index in [1.807, 2.05) is 0 Å². The van der Waals surface area contributed by atoms with Crippen molar-refractivity contribution in [2.24, 2.45) is 0 Å². The Hall–Kier alpha value is -1.69. The minimum Gasteiger partial charge on any atom is -0.444 e. The quantitative estimate of drug-likeness (QED) is 0.889. The number of alkyl halides is 1. The first-order chi connectivity index (χ1) is 8.73. The molecular formula is C13H17F2NO3.